The van der Waals surface area contributed by atoms with E-state index in [0.717, 1.165) is 0 Å². The van der Waals surface area contributed by atoms with E-state index in [1.165, 1.54) is 20.3 Å². The lowest BCUT2D eigenvalue weighted by atomic mass is 10.1. The second kappa shape index (κ2) is 7.72. The van der Waals surface area contributed by atoms with Crippen molar-refractivity contribution in [2.45, 2.75) is 12.5 Å². The van der Waals surface area contributed by atoms with Gasteiger partial charge in [0.25, 0.3) is 0 Å². The number of nitrogens with one attached hydrogen (secondary N) is 1. The smallest absolute Gasteiger partial charge is 0.330 e. The second-order valence-electron chi connectivity index (χ2n) is 3.98. The monoisotopic (exact) mass is 301 g/mol. The van der Waals surface area contributed by atoms with Gasteiger partial charge in [0.1, 0.15) is 5.75 Å². The number of aliphatic carboxylic acids is 1. The molecule has 6 nitrogen and oxygen atoms in total. The zero-order chi connectivity index (χ0) is 15.1. The molecular formula is C13H16ClNO5. The Morgan fingerprint density at radius 1 is 1.40 bits per heavy atom. The maximum atomic E-state index is 11.6. The Kier molecular flexibility index (Phi) is 6.27. The Hall–Kier alpha value is -1.79. The zero-order valence-corrected chi connectivity index (χ0v) is 11.9. The zero-order valence-electron chi connectivity index (χ0n) is 11.2. The van der Waals surface area contributed by atoms with Crippen LogP contribution in [0.2, 0.25) is 5.02 Å². The van der Waals surface area contributed by atoms with Gasteiger partial charge in [0, 0.05) is 13.5 Å². The molecule has 0 aliphatic heterocycles. The first kappa shape index (κ1) is 16.3. The predicted molar refractivity (Wildman–Crippen MR) is 73.0 cm³/mol. The lowest BCUT2D eigenvalue weighted by Gasteiger charge is -2.16. The van der Waals surface area contributed by atoms with Crippen molar-refractivity contribution in [3.05, 3.63) is 28.8 Å². The molecule has 0 saturated carbocycles. The Labute approximate surface area is 121 Å². The van der Waals surface area contributed by atoms with Gasteiger partial charge in [-0.15, -0.1) is 0 Å². The number of carboxylic acid groups (broad SMARTS) is 1. The summed E-state index contributed by atoms with van der Waals surface area (Å²) in [6.07, 6.45) is 0.0875. The summed E-state index contributed by atoms with van der Waals surface area (Å²) in [5.41, 5.74) is 0.370. The summed E-state index contributed by atoms with van der Waals surface area (Å²) in [6.45, 7) is 0.224. The molecule has 0 aliphatic carbocycles. The van der Waals surface area contributed by atoms with Gasteiger partial charge >= 0.3 is 5.97 Å². The van der Waals surface area contributed by atoms with E-state index in [0.29, 0.717) is 11.3 Å². The molecule has 1 aromatic carbocycles. The van der Waals surface area contributed by atoms with Gasteiger partial charge in [-0.25, -0.2) is 4.79 Å². The lowest BCUT2D eigenvalue weighted by Crippen LogP contribution is -2.34. The van der Waals surface area contributed by atoms with Crippen LogP contribution in [0.3, 0.4) is 0 Å². The summed E-state index contributed by atoms with van der Waals surface area (Å²) in [5.74, 6) is -1.14. The lowest BCUT2D eigenvalue weighted by molar-refractivity contribution is -0.142. The van der Waals surface area contributed by atoms with Crippen LogP contribution < -0.4 is 10.1 Å². The largest absolute Gasteiger partial charge is 0.495 e. The number of rotatable bonds is 7. The van der Waals surface area contributed by atoms with Crippen molar-refractivity contribution in [3.63, 3.8) is 0 Å². The molecule has 1 rings (SSSR count). The molecule has 1 aromatic rings. The number of carboxylic acids is 1. The van der Waals surface area contributed by atoms with Gasteiger partial charge in [-0.05, 0) is 17.7 Å². The number of amides is 1. The fourth-order valence-electron chi connectivity index (χ4n) is 1.58. The number of carbonyl (C=O) groups is 2. The maximum Gasteiger partial charge on any atom is 0.330 e. The summed E-state index contributed by atoms with van der Waals surface area (Å²) in [6, 6.07) is 3.38. The molecule has 1 amide bonds. The molecule has 2 N–H and O–H groups in total. The van der Waals surface area contributed by atoms with Gasteiger partial charge in [0.15, 0.2) is 6.04 Å². The van der Waals surface area contributed by atoms with E-state index in [1.807, 2.05) is 0 Å². The van der Waals surface area contributed by atoms with Gasteiger partial charge < -0.3 is 19.9 Å². The molecule has 110 valence electrons. The molecule has 0 heterocycles. The Balaban J connectivity index is 2.88. The van der Waals surface area contributed by atoms with Gasteiger partial charge in [-0.1, -0.05) is 17.7 Å². The average molecular weight is 302 g/mol. The number of ether oxygens (including phenoxy) is 2. The van der Waals surface area contributed by atoms with E-state index in [-0.39, 0.29) is 18.1 Å². The van der Waals surface area contributed by atoms with Crippen molar-refractivity contribution in [3.8, 4) is 5.75 Å². The van der Waals surface area contributed by atoms with Crippen molar-refractivity contribution in [1.82, 2.24) is 5.32 Å². The summed E-state index contributed by atoms with van der Waals surface area (Å²) in [7, 11) is 2.92. The molecule has 0 radical (unpaired) electrons. The summed E-state index contributed by atoms with van der Waals surface area (Å²) < 4.78 is 9.75. The Bertz CT molecular complexity index is 492. The Morgan fingerprint density at radius 2 is 2.10 bits per heavy atom. The fourth-order valence-corrected chi connectivity index (χ4v) is 1.84. The van der Waals surface area contributed by atoms with Crippen molar-refractivity contribution in [2.75, 3.05) is 20.8 Å². The number of carbonyl (C=O) groups excluding carboxylic acids is 1. The van der Waals surface area contributed by atoms with E-state index in [4.69, 9.17) is 21.1 Å². The predicted octanol–water partition coefficient (Wildman–Crippen LogP) is 1.63. The van der Waals surface area contributed by atoms with Gasteiger partial charge in [0.2, 0.25) is 5.91 Å². The highest BCUT2D eigenvalue weighted by Gasteiger charge is 2.22. The van der Waals surface area contributed by atoms with E-state index in [2.05, 4.69) is 5.32 Å². The molecule has 0 aromatic heterocycles. The fraction of sp³-hybridized carbons (Fsp3) is 0.385. The highest BCUT2D eigenvalue weighted by Crippen LogP contribution is 2.27. The van der Waals surface area contributed by atoms with Crippen LogP contribution in [0, 0.1) is 0 Å². The highest BCUT2D eigenvalue weighted by molar-refractivity contribution is 6.32. The van der Waals surface area contributed by atoms with E-state index in [9.17, 15) is 14.7 Å². The van der Waals surface area contributed by atoms with Gasteiger partial charge in [0.05, 0.1) is 18.7 Å². The second-order valence-corrected chi connectivity index (χ2v) is 4.38. The molecule has 0 spiro atoms. The number of hydrogen-bond acceptors (Lipinski definition) is 4. The molecule has 0 bridgehead atoms. The quantitative estimate of drug-likeness (QED) is 0.799. The topological polar surface area (TPSA) is 84.9 Å². The van der Waals surface area contributed by atoms with Crippen molar-refractivity contribution >= 4 is 23.5 Å². The van der Waals surface area contributed by atoms with Crippen LogP contribution in [0.25, 0.3) is 0 Å². The van der Waals surface area contributed by atoms with Crippen LogP contribution in [0.5, 0.6) is 5.75 Å². The van der Waals surface area contributed by atoms with Crippen molar-refractivity contribution < 1.29 is 24.2 Å². The molecule has 0 saturated heterocycles. The van der Waals surface area contributed by atoms with Crippen LogP contribution >= 0.6 is 11.6 Å². The summed E-state index contributed by atoms with van der Waals surface area (Å²) in [4.78, 5) is 22.8. The molecule has 1 atom stereocenters. The third-order valence-electron chi connectivity index (χ3n) is 2.59. The first-order valence-electron chi connectivity index (χ1n) is 5.84. The minimum atomic E-state index is -1.17. The first-order valence-corrected chi connectivity index (χ1v) is 6.22. The van der Waals surface area contributed by atoms with E-state index >= 15 is 0 Å². The average Bonchev–Trinajstić information content (AvgIpc) is 2.42. The number of halogens is 1. The minimum Gasteiger partial charge on any atom is -0.495 e. The molecule has 1 unspecified atom stereocenters. The summed E-state index contributed by atoms with van der Waals surface area (Å²) in [5, 5.41) is 11.9. The minimum absolute atomic E-state index is 0.0875. The third kappa shape index (κ3) is 4.40. The highest BCUT2D eigenvalue weighted by atomic mass is 35.5. The molecule has 0 fully saturated rings. The summed E-state index contributed by atoms with van der Waals surface area (Å²) >= 11 is 5.95. The van der Waals surface area contributed by atoms with Crippen LogP contribution in [0.1, 0.15) is 18.0 Å². The van der Waals surface area contributed by atoms with Crippen LogP contribution in [0.4, 0.5) is 0 Å². The third-order valence-corrected chi connectivity index (χ3v) is 2.89. The SMILES string of the molecule is COCCC(=O)NC(C(=O)O)c1ccc(OC)c(Cl)c1. The van der Waals surface area contributed by atoms with Crippen LogP contribution in [-0.2, 0) is 14.3 Å². The molecule has 20 heavy (non-hydrogen) atoms. The number of hydrogen-bond donors (Lipinski definition) is 2. The number of methoxy groups -OCH3 is 2. The van der Waals surface area contributed by atoms with Crippen molar-refractivity contribution in [2.24, 2.45) is 0 Å². The van der Waals surface area contributed by atoms with E-state index < -0.39 is 17.9 Å². The van der Waals surface area contributed by atoms with Crippen LogP contribution in [-0.4, -0.2) is 37.8 Å². The Morgan fingerprint density at radius 3 is 2.60 bits per heavy atom. The molecule has 0 aliphatic rings. The number of benzene rings is 1. The molecular weight excluding hydrogens is 286 g/mol. The normalized spacial score (nSPS) is 11.8. The van der Waals surface area contributed by atoms with Crippen LogP contribution in [0.15, 0.2) is 18.2 Å². The van der Waals surface area contributed by atoms with Crippen molar-refractivity contribution in [1.29, 1.82) is 0 Å². The van der Waals surface area contributed by atoms with Gasteiger partial charge in [-0.3, -0.25) is 4.79 Å². The first-order chi connectivity index (χ1) is 9.49. The maximum absolute atomic E-state index is 11.6. The van der Waals surface area contributed by atoms with Gasteiger partial charge in [-0.2, -0.15) is 0 Å². The molecule has 7 heteroatoms. The van der Waals surface area contributed by atoms with E-state index in [1.54, 1.807) is 12.1 Å². The standard InChI is InChI=1S/C13H16ClNO5/c1-19-6-5-11(16)15-12(13(17)18)8-3-4-10(20-2)9(14)7-8/h3-4,7,12H,5-6H2,1-2H3,(H,15,16)(H,17,18).